The van der Waals surface area contributed by atoms with Crippen LogP contribution in [0.5, 0.6) is 0 Å². The number of carbonyl (C=O) groups is 3. The monoisotopic (exact) mass is 331 g/mol. The van der Waals surface area contributed by atoms with Crippen LogP contribution < -0.4 is 5.32 Å². The van der Waals surface area contributed by atoms with E-state index in [4.69, 9.17) is 0 Å². The summed E-state index contributed by atoms with van der Waals surface area (Å²) in [6, 6.07) is 7.26. The molecule has 6 nitrogen and oxygen atoms in total. The minimum atomic E-state index is -0.197. The van der Waals surface area contributed by atoms with E-state index in [0.29, 0.717) is 18.5 Å². The highest BCUT2D eigenvalue weighted by atomic mass is 16.2. The number of likely N-dealkylation sites (N-methyl/N-ethyl adjacent to an activating group) is 1. The highest BCUT2D eigenvalue weighted by Crippen LogP contribution is 2.15. The van der Waals surface area contributed by atoms with Crippen molar-refractivity contribution in [1.82, 2.24) is 15.1 Å². The molecule has 6 heteroatoms. The van der Waals surface area contributed by atoms with Gasteiger partial charge in [-0.25, -0.2) is 0 Å². The largest absolute Gasteiger partial charge is 0.352 e. The molecule has 0 saturated carbocycles. The summed E-state index contributed by atoms with van der Waals surface area (Å²) in [7, 11) is 1.61. The van der Waals surface area contributed by atoms with E-state index in [1.54, 1.807) is 19.2 Å². The first-order valence-corrected chi connectivity index (χ1v) is 8.28. The molecule has 130 valence electrons. The lowest BCUT2D eigenvalue weighted by molar-refractivity contribution is -0.128. The Bertz CT molecular complexity index is 610. The SMILES string of the molecule is CC(C)NC(=O)CN(C)C(=O)c1ccc(CN2CCCC2=O)cc1. The molecule has 0 unspecified atom stereocenters. The maximum Gasteiger partial charge on any atom is 0.254 e. The second-order valence-corrected chi connectivity index (χ2v) is 6.50. The first-order valence-electron chi connectivity index (χ1n) is 8.28. The topological polar surface area (TPSA) is 69.7 Å². The van der Waals surface area contributed by atoms with Gasteiger partial charge in [-0.2, -0.15) is 0 Å². The molecular weight excluding hydrogens is 306 g/mol. The molecule has 0 radical (unpaired) electrons. The van der Waals surface area contributed by atoms with Crippen LogP contribution in [0.2, 0.25) is 0 Å². The molecule has 2 rings (SSSR count). The molecule has 1 fully saturated rings. The van der Waals surface area contributed by atoms with Gasteiger partial charge >= 0.3 is 0 Å². The van der Waals surface area contributed by atoms with Crippen molar-refractivity contribution >= 4 is 17.7 Å². The van der Waals surface area contributed by atoms with Crippen LogP contribution in [0.3, 0.4) is 0 Å². The molecule has 1 heterocycles. The van der Waals surface area contributed by atoms with Crippen molar-refractivity contribution in [3.05, 3.63) is 35.4 Å². The van der Waals surface area contributed by atoms with Gasteiger partial charge in [-0.15, -0.1) is 0 Å². The summed E-state index contributed by atoms with van der Waals surface area (Å²) in [4.78, 5) is 39.0. The Kier molecular flexibility index (Phi) is 5.95. The third kappa shape index (κ3) is 4.81. The number of amides is 3. The molecule has 1 saturated heterocycles. The molecule has 1 aliphatic heterocycles. The second-order valence-electron chi connectivity index (χ2n) is 6.50. The van der Waals surface area contributed by atoms with Gasteiger partial charge in [0.15, 0.2) is 0 Å². The predicted octanol–water partition coefficient (Wildman–Crippen LogP) is 1.41. The molecule has 0 bridgehead atoms. The van der Waals surface area contributed by atoms with E-state index in [2.05, 4.69) is 5.32 Å². The van der Waals surface area contributed by atoms with Crippen molar-refractivity contribution < 1.29 is 14.4 Å². The van der Waals surface area contributed by atoms with Gasteiger partial charge in [0.05, 0.1) is 6.54 Å². The third-order valence-electron chi connectivity index (χ3n) is 3.92. The van der Waals surface area contributed by atoms with Gasteiger partial charge in [0.1, 0.15) is 0 Å². The van der Waals surface area contributed by atoms with Crippen molar-refractivity contribution in [1.29, 1.82) is 0 Å². The van der Waals surface area contributed by atoms with Gasteiger partial charge < -0.3 is 15.1 Å². The first kappa shape index (κ1) is 18.0. The number of likely N-dealkylation sites (tertiary alicyclic amines) is 1. The minimum Gasteiger partial charge on any atom is -0.352 e. The molecule has 3 amide bonds. The lowest BCUT2D eigenvalue weighted by Gasteiger charge is -2.19. The first-order chi connectivity index (χ1) is 11.4. The zero-order valence-electron chi connectivity index (χ0n) is 14.5. The average Bonchev–Trinajstić information content (AvgIpc) is 2.91. The van der Waals surface area contributed by atoms with Crippen molar-refractivity contribution in [3.63, 3.8) is 0 Å². The fourth-order valence-corrected chi connectivity index (χ4v) is 2.72. The molecule has 24 heavy (non-hydrogen) atoms. The molecule has 0 aliphatic carbocycles. The smallest absolute Gasteiger partial charge is 0.254 e. The maximum absolute atomic E-state index is 12.4. The van der Waals surface area contributed by atoms with Crippen molar-refractivity contribution in [2.24, 2.45) is 0 Å². The van der Waals surface area contributed by atoms with Crippen LogP contribution in [0.1, 0.15) is 42.6 Å². The minimum absolute atomic E-state index is 0.0288. The Morgan fingerprint density at radius 1 is 1.25 bits per heavy atom. The molecule has 0 aromatic heterocycles. The van der Waals surface area contributed by atoms with E-state index in [1.807, 2.05) is 30.9 Å². The van der Waals surface area contributed by atoms with Crippen LogP contribution >= 0.6 is 0 Å². The Labute approximate surface area is 142 Å². The number of hydrogen-bond donors (Lipinski definition) is 1. The van der Waals surface area contributed by atoms with Crippen LogP contribution in [-0.4, -0.2) is 53.7 Å². The summed E-state index contributed by atoms with van der Waals surface area (Å²) < 4.78 is 0. The van der Waals surface area contributed by atoms with E-state index in [9.17, 15) is 14.4 Å². The lowest BCUT2D eigenvalue weighted by atomic mass is 10.1. The normalized spacial score (nSPS) is 14.2. The standard InChI is InChI=1S/C18H25N3O3/c1-13(2)19-16(22)12-20(3)18(24)15-8-6-14(7-9-15)11-21-10-4-5-17(21)23/h6-9,13H,4-5,10-12H2,1-3H3,(H,19,22). The molecule has 0 spiro atoms. The molecule has 1 aromatic carbocycles. The number of hydrogen-bond acceptors (Lipinski definition) is 3. The molecule has 1 aliphatic rings. The van der Waals surface area contributed by atoms with Crippen LogP contribution in [0.4, 0.5) is 0 Å². The zero-order valence-corrected chi connectivity index (χ0v) is 14.5. The van der Waals surface area contributed by atoms with Gasteiger partial charge in [0.2, 0.25) is 11.8 Å². The highest BCUT2D eigenvalue weighted by molar-refractivity contribution is 5.96. The van der Waals surface area contributed by atoms with Crippen LogP contribution in [0.15, 0.2) is 24.3 Å². The second kappa shape index (κ2) is 7.95. The van der Waals surface area contributed by atoms with Crippen molar-refractivity contribution in [2.45, 2.75) is 39.3 Å². The maximum atomic E-state index is 12.4. The fourth-order valence-electron chi connectivity index (χ4n) is 2.72. The molecule has 1 N–H and O–H groups in total. The van der Waals surface area contributed by atoms with E-state index >= 15 is 0 Å². The van der Waals surface area contributed by atoms with Gasteiger partial charge in [-0.1, -0.05) is 12.1 Å². The summed E-state index contributed by atoms with van der Waals surface area (Å²) in [6.07, 6.45) is 1.54. The summed E-state index contributed by atoms with van der Waals surface area (Å²) in [5, 5.41) is 2.76. The Hall–Kier alpha value is -2.37. The summed E-state index contributed by atoms with van der Waals surface area (Å²) in [5.41, 5.74) is 1.54. The number of benzene rings is 1. The van der Waals surface area contributed by atoms with Gasteiger partial charge in [-0.3, -0.25) is 14.4 Å². The van der Waals surface area contributed by atoms with Crippen molar-refractivity contribution in [3.8, 4) is 0 Å². The van der Waals surface area contributed by atoms with Crippen LogP contribution in [-0.2, 0) is 16.1 Å². The molecular formula is C18H25N3O3. The van der Waals surface area contributed by atoms with E-state index in [1.165, 1.54) is 4.90 Å². The summed E-state index contributed by atoms with van der Waals surface area (Å²) >= 11 is 0. The number of rotatable bonds is 6. The van der Waals surface area contributed by atoms with E-state index in [-0.39, 0.29) is 30.3 Å². The Morgan fingerprint density at radius 3 is 2.46 bits per heavy atom. The Morgan fingerprint density at radius 2 is 1.92 bits per heavy atom. The van der Waals surface area contributed by atoms with Gasteiger partial charge in [-0.05, 0) is 38.0 Å². The van der Waals surface area contributed by atoms with Crippen molar-refractivity contribution in [2.75, 3.05) is 20.1 Å². The van der Waals surface area contributed by atoms with E-state index in [0.717, 1.165) is 18.5 Å². The van der Waals surface area contributed by atoms with Gasteiger partial charge in [0, 0.05) is 38.2 Å². The molecule has 1 aromatic rings. The number of carbonyl (C=O) groups excluding carboxylic acids is 3. The predicted molar refractivity (Wildman–Crippen MR) is 91.3 cm³/mol. The molecule has 0 atom stereocenters. The average molecular weight is 331 g/mol. The van der Waals surface area contributed by atoms with Gasteiger partial charge in [0.25, 0.3) is 5.91 Å². The third-order valence-corrected chi connectivity index (χ3v) is 3.92. The van der Waals surface area contributed by atoms with Crippen LogP contribution in [0.25, 0.3) is 0 Å². The fraction of sp³-hybridized carbons (Fsp3) is 0.500. The zero-order chi connectivity index (χ0) is 17.7. The quantitative estimate of drug-likeness (QED) is 0.857. The number of nitrogens with zero attached hydrogens (tertiary/aromatic N) is 2. The summed E-state index contributed by atoms with van der Waals surface area (Å²) in [6.45, 7) is 5.17. The lowest BCUT2D eigenvalue weighted by Crippen LogP contribution is -2.40. The highest BCUT2D eigenvalue weighted by Gasteiger charge is 2.20. The Balaban J connectivity index is 1.92. The van der Waals surface area contributed by atoms with Crippen LogP contribution in [0, 0.1) is 0 Å². The number of nitrogens with one attached hydrogen (secondary N) is 1. The summed E-state index contributed by atoms with van der Waals surface area (Å²) in [5.74, 6) is -0.186. The van der Waals surface area contributed by atoms with E-state index < -0.39 is 0 Å².